The van der Waals surface area contributed by atoms with Crippen molar-refractivity contribution in [1.29, 1.82) is 0 Å². The van der Waals surface area contributed by atoms with Crippen molar-refractivity contribution in [3.05, 3.63) is 35.9 Å². The zero-order valence-electron chi connectivity index (χ0n) is 5.58. The van der Waals surface area contributed by atoms with Gasteiger partial charge in [-0.2, -0.15) is 4.39 Å². The lowest BCUT2D eigenvalue weighted by Crippen LogP contribution is -2.07. The number of ketones is 1. The summed E-state index contributed by atoms with van der Waals surface area (Å²) in [5.41, 5.74) is 0.0833. The van der Waals surface area contributed by atoms with Crippen molar-refractivity contribution in [2.75, 3.05) is 0 Å². The van der Waals surface area contributed by atoms with Crippen LogP contribution in [0, 0.1) is 0 Å². The van der Waals surface area contributed by atoms with Crippen LogP contribution in [0.4, 0.5) is 4.39 Å². The van der Waals surface area contributed by atoms with Gasteiger partial charge in [0, 0.05) is 5.56 Å². The lowest BCUT2D eigenvalue weighted by molar-refractivity contribution is -0.124. The van der Waals surface area contributed by atoms with Crippen LogP contribution in [0.15, 0.2) is 30.3 Å². The highest BCUT2D eigenvalue weighted by molar-refractivity contribution is 6.40. The quantitative estimate of drug-likeness (QED) is 0.364. The standard InChI is InChI=1S/C8H5FO2/c9-8(11)7(10)6-4-2-1-3-5-6/h1-5H. The van der Waals surface area contributed by atoms with Crippen molar-refractivity contribution in [1.82, 2.24) is 0 Å². The zero-order valence-corrected chi connectivity index (χ0v) is 5.58. The van der Waals surface area contributed by atoms with E-state index in [9.17, 15) is 14.0 Å². The van der Waals surface area contributed by atoms with Crippen molar-refractivity contribution in [2.24, 2.45) is 0 Å². The Morgan fingerprint density at radius 2 is 1.64 bits per heavy atom. The molecule has 0 heterocycles. The molecule has 0 spiro atoms. The first-order chi connectivity index (χ1) is 5.22. The van der Waals surface area contributed by atoms with E-state index >= 15 is 0 Å². The molecule has 0 aliphatic rings. The summed E-state index contributed by atoms with van der Waals surface area (Å²) >= 11 is 0. The summed E-state index contributed by atoms with van der Waals surface area (Å²) in [5, 5.41) is 0. The van der Waals surface area contributed by atoms with Crippen LogP contribution in [0.2, 0.25) is 0 Å². The van der Waals surface area contributed by atoms with Crippen LogP contribution in [0.3, 0.4) is 0 Å². The van der Waals surface area contributed by atoms with E-state index in [0.29, 0.717) is 0 Å². The van der Waals surface area contributed by atoms with E-state index in [1.54, 1.807) is 18.2 Å². The van der Waals surface area contributed by atoms with E-state index in [-0.39, 0.29) is 5.56 Å². The molecular weight excluding hydrogens is 147 g/mol. The van der Waals surface area contributed by atoms with Crippen LogP contribution in [0.5, 0.6) is 0 Å². The Labute approximate surface area is 62.6 Å². The van der Waals surface area contributed by atoms with Crippen LogP contribution in [-0.2, 0) is 4.79 Å². The zero-order chi connectivity index (χ0) is 8.27. The number of rotatable bonds is 2. The van der Waals surface area contributed by atoms with E-state index in [4.69, 9.17) is 0 Å². The van der Waals surface area contributed by atoms with E-state index < -0.39 is 11.8 Å². The fourth-order valence-electron chi connectivity index (χ4n) is 0.703. The van der Waals surface area contributed by atoms with Crippen molar-refractivity contribution in [3.63, 3.8) is 0 Å². The summed E-state index contributed by atoms with van der Waals surface area (Å²) < 4.78 is 11.8. The van der Waals surface area contributed by atoms with E-state index in [0.717, 1.165) is 0 Å². The predicted molar refractivity (Wildman–Crippen MR) is 36.9 cm³/mol. The number of halogens is 1. The summed E-state index contributed by atoms with van der Waals surface area (Å²) in [6.45, 7) is 0. The molecule has 0 aliphatic heterocycles. The lowest BCUT2D eigenvalue weighted by Gasteiger charge is -1.90. The monoisotopic (exact) mass is 152 g/mol. The van der Waals surface area contributed by atoms with Crippen LogP contribution < -0.4 is 0 Å². The molecule has 11 heavy (non-hydrogen) atoms. The maximum Gasteiger partial charge on any atom is 0.372 e. The van der Waals surface area contributed by atoms with Gasteiger partial charge in [-0.25, -0.2) is 0 Å². The Kier molecular flexibility index (Phi) is 2.11. The van der Waals surface area contributed by atoms with Crippen molar-refractivity contribution in [2.45, 2.75) is 0 Å². The molecule has 1 rings (SSSR count). The molecule has 2 nitrogen and oxygen atoms in total. The molecule has 0 fully saturated rings. The molecule has 0 saturated carbocycles. The van der Waals surface area contributed by atoms with Crippen LogP contribution >= 0.6 is 0 Å². The molecule has 0 radical (unpaired) electrons. The number of hydrogen-bond donors (Lipinski definition) is 0. The highest BCUT2D eigenvalue weighted by atomic mass is 19.1. The molecule has 3 heteroatoms. The average molecular weight is 152 g/mol. The van der Waals surface area contributed by atoms with Crippen LogP contribution in [0.1, 0.15) is 10.4 Å². The van der Waals surface area contributed by atoms with Crippen molar-refractivity contribution in [3.8, 4) is 0 Å². The number of Topliss-reactive ketones (excluding diaryl/α,β-unsaturated/α-hetero) is 1. The Morgan fingerprint density at radius 3 is 2.09 bits per heavy atom. The Bertz CT molecular complexity index is 279. The molecule has 0 aromatic heterocycles. The Morgan fingerprint density at radius 1 is 1.09 bits per heavy atom. The normalized spacial score (nSPS) is 9.18. The molecule has 56 valence electrons. The van der Waals surface area contributed by atoms with Gasteiger partial charge in [-0.05, 0) is 0 Å². The summed E-state index contributed by atoms with van der Waals surface area (Å²) in [6.07, 6.45) is 0. The lowest BCUT2D eigenvalue weighted by atomic mass is 10.1. The summed E-state index contributed by atoms with van der Waals surface area (Å²) in [6, 6.07) is 5.67. The van der Waals surface area contributed by atoms with E-state index in [2.05, 4.69) is 0 Å². The van der Waals surface area contributed by atoms with E-state index in [1.807, 2.05) is 0 Å². The minimum absolute atomic E-state index is 0.0833. The van der Waals surface area contributed by atoms with Gasteiger partial charge in [0.15, 0.2) is 0 Å². The van der Waals surface area contributed by atoms with Gasteiger partial charge in [0.1, 0.15) is 0 Å². The van der Waals surface area contributed by atoms with Crippen molar-refractivity contribution >= 4 is 11.8 Å². The SMILES string of the molecule is O=C(F)C(=O)c1ccccc1. The maximum atomic E-state index is 11.8. The average Bonchev–Trinajstić information content (AvgIpc) is 2.05. The smallest absolute Gasteiger partial charge is 0.282 e. The summed E-state index contributed by atoms with van der Waals surface area (Å²) in [5.74, 6) is -1.09. The number of hydrogen-bond acceptors (Lipinski definition) is 2. The van der Waals surface area contributed by atoms with Gasteiger partial charge in [0.25, 0.3) is 5.78 Å². The molecule has 0 atom stereocenters. The first-order valence-corrected chi connectivity index (χ1v) is 3.01. The fraction of sp³-hybridized carbons (Fsp3) is 0. The second kappa shape index (κ2) is 3.05. The molecule has 0 saturated heterocycles. The molecular formula is C8H5FO2. The van der Waals surface area contributed by atoms with Gasteiger partial charge in [0.2, 0.25) is 0 Å². The number of carbonyl (C=O) groups excluding carboxylic acids is 2. The first kappa shape index (κ1) is 7.60. The Hall–Kier alpha value is -1.51. The van der Waals surface area contributed by atoms with Gasteiger partial charge in [0.05, 0.1) is 0 Å². The molecule has 0 unspecified atom stereocenters. The van der Waals surface area contributed by atoms with Gasteiger partial charge in [-0.1, -0.05) is 30.3 Å². The third-order valence-electron chi connectivity index (χ3n) is 1.21. The minimum Gasteiger partial charge on any atom is -0.282 e. The van der Waals surface area contributed by atoms with E-state index in [1.165, 1.54) is 12.1 Å². The fourth-order valence-corrected chi connectivity index (χ4v) is 0.703. The van der Waals surface area contributed by atoms with Crippen LogP contribution in [0.25, 0.3) is 0 Å². The third-order valence-corrected chi connectivity index (χ3v) is 1.21. The largest absolute Gasteiger partial charge is 0.372 e. The van der Waals surface area contributed by atoms with Gasteiger partial charge >= 0.3 is 6.04 Å². The van der Waals surface area contributed by atoms with Gasteiger partial charge in [-0.15, -0.1) is 0 Å². The van der Waals surface area contributed by atoms with Gasteiger partial charge < -0.3 is 0 Å². The summed E-state index contributed by atoms with van der Waals surface area (Å²) in [7, 11) is 0. The highest BCUT2D eigenvalue weighted by Gasteiger charge is 2.13. The first-order valence-electron chi connectivity index (χ1n) is 3.01. The molecule has 1 aromatic carbocycles. The Balaban J connectivity index is 2.95. The predicted octanol–water partition coefficient (Wildman–Crippen LogP) is 1.37. The maximum absolute atomic E-state index is 11.8. The minimum atomic E-state index is -1.92. The molecule has 0 N–H and O–H groups in total. The van der Waals surface area contributed by atoms with Crippen molar-refractivity contribution < 1.29 is 14.0 Å². The summed E-state index contributed by atoms with van der Waals surface area (Å²) in [4.78, 5) is 20.5. The molecule has 0 aliphatic carbocycles. The molecule has 0 bridgehead atoms. The topological polar surface area (TPSA) is 34.1 Å². The second-order valence-corrected chi connectivity index (χ2v) is 1.97. The van der Waals surface area contributed by atoms with Crippen LogP contribution in [-0.4, -0.2) is 11.8 Å². The highest BCUT2D eigenvalue weighted by Crippen LogP contribution is 2.00. The number of carbonyl (C=O) groups is 2. The van der Waals surface area contributed by atoms with Gasteiger partial charge in [-0.3, -0.25) is 9.59 Å². The molecule has 0 amide bonds. The molecule has 1 aromatic rings. The second-order valence-electron chi connectivity index (χ2n) is 1.97. The third kappa shape index (κ3) is 1.70. The number of benzene rings is 1.